The maximum absolute atomic E-state index is 13.6. The zero-order chi connectivity index (χ0) is 24.1. The molecule has 2 aromatic rings. The van der Waals surface area contributed by atoms with E-state index in [1.165, 1.54) is 0 Å². The molecule has 1 aromatic heterocycles. The number of nitriles is 1. The number of Topliss-reactive ketones (excluding diaryl/α,β-unsaturated/α-hetero) is 1. The molecule has 2 aliphatic rings. The highest BCUT2D eigenvalue weighted by Crippen LogP contribution is 2.52. The third kappa shape index (κ3) is 4.19. The lowest BCUT2D eigenvalue weighted by molar-refractivity contribution is -0.118. The molecule has 4 rings (SSSR count). The van der Waals surface area contributed by atoms with E-state index in [1.807, 2.05) is 19.9 Å². The molecule has 33 heavy (non-hydrogen) atoms. The minimum atomic E-state index is -0.570. The van der Waals surface area contributed by atoms with Gasteiger partial charge in [0, 0.05) is 28.9 Å². The van der Waals surface area contributed by atoms with Crippen LogP contribution >= 0.6 is 35.0 Å². The Labute approximate surface area is 208 Å². The fraction of sp³-hybridized carbons (Fsp3) is 0.360. The molecule has 2 heterocycles. The third-order valence-corrected chi connectivity index (χ3v) is 7.59. The summed E-state index contributed by atoms with van der Waals surface area (Å²) >= 11 is 14.0. The van der Waals surface area contributed by atoms with Crippen molar-refractivity contribution in [1.82, 2.24) is 0 Å². The molecule has 8 heteroatoms. The zero-order valence-corrected chi connectivity index (χ0v) is 21.3. The van der Waals surface area contributed by atoms with Crippen molar-refractivity contribution < 1.29 is 9.21 Å². The van der Waals surface area contributed by atoms with Crippen molar-refractivity contribution in [2.75, 3.05) is 10.7 Å². The van der Waals surface area contributed by atoms with Gasteiger partial charge in [0.05, 0.1) is 27.6 Å². The molecule has 2 N–H and O–H groups in total. The molecule has 0 spiro atoms. The molecule has 0 fully saturated rings. The second-order valence-corrected chi connectivity index (χ2v) is 11.2. The third-order valence-electron chi connectivity index (χ3n) is 5.98. The highest BCUT2D eigenvalue weighted by molar-refractivity contribution is 7.99. The molecule has 1 aliphatic heterocycles. The van der Waals surface area contributed by atoms with Gasteiger partial charge in [-0.1, -0.05) is 55.7 Å². The average Bonchev–Trinajstić information content (AvgIpc) is 3.08. The Bertz CT molecular complexity index is 1250. The van der Waals surface area contributed by atoms with E-state index in [4.69, 9.17) is 33.4 Å². The summed E-state index contributed by atoms with van der Waals surface area (Å²) in [5.74, 6) is 1.27. The van der Waals surface area contributed by atoms with E-state index >= 15 is 0 Å². The fourth-order valence-corrected chi connectivity index (χ4v) is 5.78. The van der Waals surface area contributed by atoms with Crippen LogP contribution in [0.3, 0.4) is 0 Å². The van der Waals surface area contributed by atoms with Crippen molar-refractivity contribution in [3.63, 3.8) is 0 Å². The van der Waals surface area contributed by atoms with Crippen LogP contribution in [0.1, 0.15) is 50.9 Å². The highest BCUT2D eigenvalue weighted by atomic mass is 35.5. The second kappa shape index (κ2) is 8.79. The minimum Gasteiger partial charge on any atom is -0.455 e. The molecule has 1 atom stereocenters. The number of carbonyl (C=O) groups is 1. The topological polar surface area (TPSA) is 83.3 Å². The number of furan rings is 1. The number of hydrogen-bond acceptors (Lipinski definition) is 6. The molecule has 0 radical (unpaired) electrons. The Morgan fingerprint density at radius 1 is 1.27 bits per heavy atom. The second-order valence-electron chi connectivity index (χ2n) is 9.11. The van der Waals surface area contributed by atoms with Gasteiger partial charge in [-0.05, 0) is 48.8 Å². The van der Waals surface area contributed by atoms with Gasteiger partial charge < -0.3 is 10.2 Å². The molecular formula is C25H25Cl2N3O2S. The number of halogens is 2. The average molecular weight is 502 g/mol. The summed E-state index contributed by atoms with van der Waals surface area (Å²) < 4.78 is 5.94. The quantitative estimate of drug-likeness (QED) is 0.456. The van der Waals surface area contributed by atoms with Crippen LogP contribution in [0.15, 0.2) is 56.4 Å². The summed E-state index contributed by atoms with van der Waals surface area (Å²) in [6.07, 6.45) is 1.01. The molecule has 1 aromatic carbocycles. The molecule has 0 saturated carbocycles. The van der Waals surface area contributed by atoms with Gasteiger partial charge in [0.15, 0.2) is 10.9 Å². The van der Waals surface area contributed by atoms with Crippen LogP contribution in [0.4, 0.5) is 5.69 Å². The van der Waals surface area contributed by atoms with E-state index in [9.17, 15) is 10.1 Å². The largest absolute Gasteiger partial charge is 0.455 e. The number of anilines is 1. The van der Waals surface area contributed by atoms with Gasteiger partial charge in [0.25, 0.3) is 0 Å². The fourth-order valence-electron chi connectivity index (χ4n) is 4.70. The number of hydrogen-bond donors (Lipinski definition) is 1. The summed E-state index contributed by atoms with van der Waals surface area (Å²) in [7, 11) is 0. The van der Waals surface area contributed by atoms with Gasteiger partial charge in [-0.15, -0.1) is 0 Å². The van der Waals surface area contributed by atoms with E-state index in [0.717, 1.165) is 22.8 Å². The Hall–Kier alpha value is -2.33. The molecule has 0 amide bonds. The van der Waals surface area contributed by atoms with Gasteiger partial charge in [-0.25, -0.2) is 0 Å². The Morgan fingerprint density at radius 3 is 2.64 bits per heavy atom. The molecule has 0 bridgehead atoms. The summed E-state index contributed by atoms with van der Waals surface area (Å²) in [6, 6.07) is 9.41. The number of ketones is 1. The summed E-state index contributed by atoms with van der Waals surface area (Å²) in [4.78, 5) is 15.4. The first kappa shape index (κ1) is 23.8. The number of aryl methyl sites for hydroxylation is 1. The van der Waals surface area contributed by atoms with Crippen LogP contribution in [-0.4, -0.2) is 11.5 Å². The maximum Gasteiger partial charge on any atom is 0.164 e. The van der Waals surface area contributed by atoms with E-state index < -0.39 is 5.92 Å². The van der Waals surface area contributed by atoms with Gasteiger partial charge in [-0.2, -0.15) is 5.26 Å². The zero-order valence-electron chi connectivity index (χ0n) is 19.0. The van der Waals surface area contributed by atoms with Gasteiger partial charge in [0.1, 0.15) is 11.6 Å². The summed E-state index contributed by atoms with van der Waals surface area (Å²) in [5.41, 5.74) is 9.62. The molecule has 0 saturated heterocycles. The first-order valence-corrected chi connectivity index (χ1v) is 12.5. The van der Waals surface area contributed by atoms with Crippen LogP contribution in [0.2, 0.25) is 10.0 Å². The summed E-state index contributed by atoms with van der Waals surface area (Å²) in [6.45, 7) is 8.04. The van der Waals surface area contributed by atoms with E-state index in [-0.39, 0.29) is 17.0 Å². The maximum atomic E-state index is 13.6. The molecule has 1 unspecified atom stereocenters. The molecule has 1 aliphatic carbocycles. The molecule has 5 nitrogen and oxygen atoms in total. The number of carbonyl (C=O) groups excluding carboxylic acids is 1. The lowest BCUT2D eigenvalue weighted by Crippen LogP contribution is -2.42. The molecule has 172 valence electrons. The standard InChI is InChI=1S/C25H25Cl2N3O2S/c1-5-33-24-15(8-13(2)32-24)21-16(12-28)23(29)30(14-6-7-17(26)18(27)9-14)19-10-25(3,4)11-20(31)22(19)21/h6-9,21H,5,10-11,29H2,1-4H3. The monoisotopic (exact) mass is 501 g/mol. The summed E-state index contributed by atoms with van der Waals surface area (Å²) in [5, 5.41) is 11.7. The molecular weight excluding hydrogens is 477 g/mol. The Balaban J connectivity index is 2.01. The van der Waals surface area contributed by atoms with Crippen molar-refractivity contribution in [2.24, 2.45) is 11.1 Å². The first-order chi connectivity index (χ1) is 15.6. The van der Waals surface area contributed by atoms with Crippen LogP contribution in [-0.2, 0) is 4.79 Å². The van der Waals surface area contributed by atoms with Crippen LogP contribution in [0.5, 0.6) is 0 Å². The van der Waals surface area contributed by atoms with Crippen molar-refractivity contribution in [3.8, 4) is 6.07 Å². The van der Waals surface area contributed by atoms with Crippen molar-refractivity contribution in [2.45, 2.75) is 51.5 Å². The van der Waals surface area contributed by atoms with Gasteiger partial charge in [0.2, 0.25) is 0 Å². The minimum absolute atomic E-state index is 0.0165. The number of rotatable bonds is 4. The Morgan fingerprint density at radius 2 is 2.00 bits per heavy atom. The van der Waals surface area contributed by atoms with E-state index in [2.05, 4.69) is 19.9 Å². The van der Waals surface area contributed by atoms with Crippen LogP contribution in [0.25, 0.3) is 0 Å². The number of nitrogens with zero attached hydrogens (tertiary/aromatic N) is 2. The lowest BCUT2D eigenvalue weighted by Gasteiger charge is -2.43. The predicted octanol–water partition coefficient (Wildman–Crippen LogP) is 6.95. The normalized spacial score (nSPS) is 20.2. The van der Waals surface area contributed by atoms with Gasteiger partial charge >= 0.3 is 0 Å². The number of benzene rings is 1. The van der Waals surface area contributed by atoms with E-state index in [1.54, 1.807) is 34.9 Å². The lowest BCUT2D eigenvalue weighted by atomic mass is 9.69. The smallest absolute Gasteiger partial charge is 0.164 e. The van der Waals surface area contributed by atoms with Crippen molar-refractivity contribution in [1.29, 1.82) is 5.26 Å². The van der Waals surface area contributed by atoms with Crippen molar-refractivity contribution in [3.05, 3.63) is 68.3 Å². The predicted molar refractivity (Wildman–Crippen MR) is 133 cm³/mol. The number of allylic oxidation sites excluding steroid dienone is 3. The van der Waals surface area contributed by atoms with Crippen molar-refractivity contribution >= 4 is 46.4 Å². The van der Waals surface area contributed by atoms with Crippen LogP contribution in [0, 0.1) is 23.7 Å². The van der Waals surface area contributed by atoms with E-state index in [0.29, 0.717) is 44.8 Å². The highest BCUT2D eigenvalue weighted by Gasteiger charge is 2.45. The number of thioether (sulfide) groups is 1. The number of nitrogens with two attached hydrogens (primary N) is 1. The SMILES string of the molecule is CCSc1oc(C)cc1C1C(C#N)=C(N)N(c2ccc(Cl)c(Cl)c2)C2=C1C(=O)CC(C)(C)C2. The first-order valence-electron chi connectivity index (χ1n) is 10.7. The van der Waals surface area contributed by atoms with Gasteiger partial charge in [-0.3, -0.25) is 9.69 Å². The van der Waals surface area contributed by atoms with Crippen LogP contribution < -0.4 is 10.6 Å². The Kier molecular flexibility index (Phi) is 6.34.